The van der Waals surface area contributed by atoms with Crippen LogP contribution in [0.1, 0.15) is 24.5 Å². The summed E-state index contributed by atoms with van der Waals surface area (Å²) in [5, 5.41) is 0.830. The molecule has 1 N–H and O–H groups in total. The van der Waals surface area contributed by atoms with Crippen LogP contribution in [0.3, 0.4) is 0 Å². The fourth-order valence-corrected chi connectivity index (χ4v) is 4.99. The Morgan fingerprint density at radius 2 is 1.93 bits per heavy atom. The standard InChI is InChI=1S/C24H29N3O2S/c1-2-20-9-6-10-21-23(20)25-24(30-21)27(14-13-26-15-17-29-18-16-26)22(28)12-11-19-7-4-3-5-8-19/h3-10H,2,11-18H2,1H3/p+1. The fourth-order valence-electron chi connectivity index (χ4n) is 3.93. The quantitative estimate of drug-likeness (QED) is 0.605. The van der Waals surface area contributed by atoms with Gasteiger partial charge >= 0.3 is 0 Å². The van der Waals surface area contributed by atoms with E-state index in [1.165, 1.54) is 16.0 Å². The molecule has 158 valence electrons. The van der Waals surface area contributed by atoms with Gasteiger partial charge in [0.05, 0.1) is 36.5 Å². The molecule has 1 aromatic heterocycles. The number of quaternary nitrogens is 1. The molecule has 2 aromatic carbocycles. The van der Waals surface area contributed by atoms with Gasteiger partial charge in [-0.3, -0.25) is 9.69 Å². The van der Waals surface area contributed by atoms with Gasteiger partial charge in [0.2, 0.25) is 5.91 Å². The third-order valence-electron chi connectivity index (χ3n) is 5.76. The van der Waals surface area contributed by atoms with Crippen molar-refractivity contribution in [3.63, 3.8) is 0 Å². The number of hydrogen-bond acceptors (Lipinski definition) is 4. The highest BCUT2D eigenvalue weighted by Crippen LogP contribution is 2.31. The summed E-state index contributed by atoms with van der Waals surface area (Å²) in [7, 11) is 0. The van der Waals surface area contributed by atoms with Crippen LogP contribution >= 0.6 is 11.3 Å². The van der Waals surface area contributed by atoms with Crippen LogP contribution in [0.25, 0.3) is 10.2 Å². The first-order valence-corrected chi connectivity index (χ1v) is 11.7. The van der Waals surface area contributed by atoms with Gasteiger partial charge < -0.3 is 9.64 Å². The zero-order valence-electron chi connectivity index (χ0n) is 17.6. The molecule has 1 amide bonds. The van der Waals surface area contributed by atoms with Crippen molar-refractivity contribution in [2.45, 2.75) is 26.2 Å². The third kappa shape index (κ3) is 5.06. The zero-order valence-corrected chi connectivity index (χ0v) is 18.4. The minimum atomic E-state index is 0.156. The Hall–Kier alpha value is -2.28. The van der Waals surface area contributed by atoms with E-state index in [2.05, 4.69) is 37.3 Å². The number of amides is 1. The predicted molar refractivity (Wildman–Crippen MR) is 122 cm³/mol. The largest absolute Gasteiger partial charge is 0.370 e. The van der Waals surface area contributed by atoms with E-state index < -0.39 is 0 Å². The molecular weight excluding hydrogens is 394 g/mol. The number of aryl methyl sites for hydroxylation is 2. The van der Waals surface area contributed by atoms with Gasteiger partial charge in [-0.15, -0.1) is 0 Å². The van der Waals surface area contributed by atoms with E-state index in [9.17, 15) is 4.79 Å². The average Bonchev–Trinajstić information content (AvgIpc) is 3.23. The van der Waals surface area contributed by atoms with E-state index in [1.54, 1.807) is 11.3 Å². The Morgan fingerprint density at radius 1 is 1.13 bits per heavy atom. The summed E-state index contributed by atoms with van der Waals surface area (Å²) in [5.74, 6) is 0.156. The van der Waals surface area contributed by atoms with Crippen molar-refractivity contribution in [1.29, 1.82) is 0 Å². The van der Waals surface area contributed by atoms with Crippen molar-refractivity contribution in [3.8, 4) is 0 Å². The lowest BCUT2D eigenvalue weighted by molar-refractivity contribution is -0.906. The topological polar surface area (TPSA) is 46.9 Å². The molecule has 5 nitrogen and oxygen atoms in total. The summed E-state index contributed by atoms with van der Waals surface area (Å²) in [6.07, 6.45) is 2.20. The first kappa shape index (κ1) is 21.0. The number of hydrogen-bond donors (Lipinski definition) is 1. The Balaban J connectivity index is 1.53. The van der Waals surface area contributed by atoms with Gasteiger partial charge in [0, 0.05) is 6.42 Å². The minimum Gasteiger partial charge on any atom is -0.370 e. The Kier molecular flexibility index (Phi) is 7.10. The molecule has 0 radical (unpaired) electrons. The van der Waals surface area contributed by atoms with E-state index in [4.69, 9.17) is 9.72 Å². The molecule has 0 bridgehead atoms. The number of para-hydroxylation sites is 1. The highest BCUT2D eigenvalue weighted by atomic mass is 32.1. The number of carbonyl (C=O) groups excluding carboxylic acids is 1. The summed E-state index contributed by atoms with van der Waals surface area (Å²) in [4.78, 5) is 21.6. The van der Waals surface area contributed by atoms with Crippen molar-refractivity contribution >= 4 is 32.6 Å². The molecule has 0 unspecified atom stereocenters. The summed E-state index contributed by atoms with van der Waals surface area (Å²) in [5.41, 5.74) is 3.48. The normalized spacial score (nSPS) is 14.8. The van der Waals surface area contributed by atoms with E-state index in [1.807, 2.05) is 23.1 Å². The van der Waals surface area contributed by atoms with Gasteiger partial charge in [-0.1, -0.05) is 60.7 Å². The van der Waals surface area contributed by atoms with Gasteiger partial charge in [-0.25, -0.2) is 4.98 Å². The number of ether oxygens (including phenoxy) is 1. The number of nitrogens with one attached hydrogen (secondary N) is 1. The predicted octanol–water partition coefficient (Wildman–Crippen LogP) is 2.74. The fraction of sp³-hybridized carbons (Fsp3) is 0.417. The summed E-state index contributed by atoms with van der Waals surface area (Å²) < 4.78 is 6.64. The van der Waals surface area contributed by atoms with Crippen molar-refractivity contribution in [2.75, 3.05) is 44.3 Å². The molecule has 0 saturated carbocycles. The highest BCUT2D eigenvalue weighted by Gasteiger charge is 2.23. The van der Waals surface area contributed by atoms with Crippen LogP contribution in [0.4, 0.5) is 5.13 Å². The zero-order chi connectivity index (χ0) is 20.8. The minimum absolute atomic E-state index is 0.156. The second-order valence-corrected chi connectivity index (χ2v) is 8.77. The maximum Gasteiger partial charge on any atom is 0.229 e. The van der Waals surface area contributed by atoms with Crippen LogP contribution in [0.15, 0.2) is 48.5 Å². The monoisotopic (exact) mass is 424 g/mol. The average molecular weight is 425 g/mol. The van der Waals surface area contributed by atoms with Crippen LogP contribution in [0, 0.1) is 0 Å². The smallest absolute Gasteiger partial charge is 0.229 e. The van der Waals surface area contributed by atoms with Crippen molar-refractivity contribution in [1.82, 2.24) is 4.98 Å². The molecular formula is C24H30N3O2S+. The molecule has 0 aliphatic carbocycles. The van der Waals surface area contributed by atoms with Crippen LogP contribution in [-0.4, -0.2) is 50.3 Å². The van der Waals surface area contributed by atoms with E-state index in [0.717, 1.165) is 61.0 Å². The summed E-state index contributed by atoms with van der Waals surface area (Å²) in [6.45, 7) is 7.40. The molecule has 6 heteroatoms. The maximum atomic E-state index is 13.3. The summed E-state index contributed by atoms with van der Waals surface area (Å²) in [6, 6.07) is 16.6. The number of rotatable bonds is 8. The number of carbonyl (C=O) groups is 1. The lowest BCUT2D eigenvalue weighted by Gasteiger charge is -2.27. The van der Waals surface area contributed by atoms with Crippen molar-refractivity contribution in [3.05, 3.63) is 59.7 Å². The van der Waals surface area contributed by atoms with Gasteiger partial charge in [0.1, 0.15) is 13.1 Å². The first-order valence-electron chi connectivity index (χ1n) is 10.9. The van der Waals surface area contributed by atoms with Crippen LogP contribution < -0.4 is 9.80 Å². The molecule has 0 spiro atoms. The molecule has 1 fully saturated rings. The van der Waals surface area contributed by atoms with Gasteiger partial charge in [0.25, 0.3) is 0 Å². The molecule has 4 rings (SSSR count). The van der Waals surface area contributed by atoms with Crippen LogP contribution in [0.5, 0.6) is 0 Å². The van der Waals surface area contributed by atoms with Gasteiger partial charge in [-0.2, -0.15) is 0 Å². The van der Waals surface area contributed by atoms with E-state index in [-0.39, 0.29) is 5.91 Å². The van der Waals surface area contributed by atoms with E-state index >= 15 is 0 Å². The second kappa shape index (κ2) is 10.2. The van der Waals surface area contributed by atoms with Crippen LogP contribution in [-0.2, 0) is 22.4 Å². The van der Waals surface area contributed by atoms with Crippen LogP contribution in [0.2, 0.25) is 0 Å². The highest BCUT2D eigenvalue weighted by molar-refractivity contribution is 7.22. The molecule has 0 atom stereocenters. The van der Waals surface area contributed by atoms with Gasteiger partial charge in [0.15, 0.2) is 5.13 Å². The molecule has 1 aliphatic heterocycles. The van der Waals surface area contributed by atoms with Crippen molar-refractivity contribution < 1.29 is 14.4 Å². The molecule has 1 saturated heterocycles. The van der Waals surface area contributed by atoms with E-state index in [0.29, 0.717) is 13.0 Å². The summed E-state index contributed by atoms with van der Waals surface area (Å²) >= 11 is 1.63. The van der Waals surface area contributed by atoms with Gasteiger partial charge in [-0.05, 0) is 30.0 Å². The number of nitrogens with zero attached hydrogens (tertiary/aromatic N) is 2. The maximum absolute atomic E-state index is 13.3. The lowest BCUT2D eigenvalue weighted by Crippen LogP contribution is -3.14. The third-order valence-corrected chi connectivity index (χ3v) is 6.81. The Morgan fingerprint density at radius 3 is 2.70 bits per heavy atom. The molecule has 1 aliphatic rings. The molecule has 2 heterocycles. The number of benzene rings is 2. The molecule has 3 aromatic rings. The number of anilines is 1. The van der Waals surface area contributed by atoms with Crippen molar-refractivity contribution in [2.24, 2.45) is 0 Å². The SMILES string of the molecule is CCc1cccc2sc(N(CC[NH+]3CCOCC3)C(=O)CCc3ccccc3)nc12. The first-order chi connectivity index (χ1) is 14.7. The lowest BCUT2D eigenvalue weighted by atomic mass is 10.1. The number of morpholine rings is 1. The molecule has 30 heavy (non-hydrogen) atoms. The second-order valence-electron chi connectivity index (χ2n) is 7.76. The Bertz CT molecular complexity index is 967. The number of fused-ring (bicyclic) bond motifs is 1. The Labute approximate surface area is 182 Å². The number of thiazole rings is 1. The number of aromatic nitrogens is 1.